The van der Waals surface area contributed by atoms with Gasteiger partial charge >= 0.3 is 5.97 Å². The molecule has 25 heavy (non-hydrogen) atoms. The van der Waals surface area contributed by atoms with Crippen molar-refractivity contribution in [1.82, 2.24) is 5.32 Å². The number of unbranched alkanes of at least 4 members (excludes halogenated alkanes) is 4. The zero-order valence-electron chi connectivity index (χ0n) is 14.6. The predicted octanol–water partition coefficient (Wildman–Crippen LogP) is 2.72. The highest BCUT2D eigenvalue weighted by molar-refractivity contribution is 5.97. The van der Waals surface area contributed by atoms with Gasteiger partial charge < -0.3 is 15.8 Å². The van der Waals surface area contributed by atoms with Crippen LogP contribution in [0.1, 0.15) is 55.8 Å². The van der Waals surface area contributed by atoms with Crippen molar-refractivity contribution >= 4 is 17.8 Å². The minimum absolute atomic E-state index is 0.357. The van der Waals surface area contributed by atoms with Crippen LogP contribution in [-0.4, -0.2) is 23.8 Å². The second kappa shape index (κ2) is 11.0. The molecule has 0 aromatic heterocycles. The van der Waals surface area contributed by atoms with E-state index in [4.69, 9.17) is 10.5 Å². The number of esters is 1. The third-order valence-corrected chi connectivity index (χ3v) is 3.68. The molecule has 1 rings (SSSR count). The molecule has 0 saturated carbocycles. The molecule has 0 fully saturated rings. The Morgan fingerprint density at radius 3 is 2.36 bits per heavy atom. The Kier molecular flexibility index (Phi) is 9.00. The van der Waals surface area contributed by atoms with E-state index in [0.29, 0.717) is 17.7 Å². The number of hydrogen-bond donors (Lipinski definition) is 2. The Hall–Kier alpha value is -2.63. The molecule has 6 nitrogen and oxygen atoms in total. The number of amides is 2. The molecule has 0 aliphatic rings. The first-order valence-electron chi connectivity index (χ1n) is 8.43. The molecule has 6 heteroatoms. The van der Waals surface area contributed by atoms with Gasteiger partial charge in [0, 0.05) is 12.5 Å². The molecule has 0 bridgehead atoms. The van der Waals surface area contributed by atoms with Gasteiger partial charge in [-0.2, -0.15) is 0 Å². The van der Waals surface area contributed by atoms with Crippen molar-refractivity contribution in [1.29, 1.82) is 0 Å². The largest absolute Gasteiger partial charge is 0.427 e. The minimum atomic E-state index is -0.694. The highest BCUT2D eigenvalue weighted by Gasteiger charge is 2.18. The van der Waals surface area contributed by atoms with Crippen LogP contribution in [0, 0.1) is 0 Å². The molecule has 3 N–H and O–H groups in total. The van der Waals surface area contributed by atoms with E-state index in [1.165, 1.54) is 31.2 Å². The molecule has 0 aliphatic heterocycles. The van der Waals surface area contributed by atoms with E-state index in [9.17, 15) is 14.4 Å². The fourth-order valence-corrected chi connectivity index (χ4v) is 2.36. The average molecular weight is 346 g/mol. The fraction of sp³-hybridized carbons (Fsp3) is 0.421. The maximum atomic E-state index is 12.2. The zero-order chi connectivity index (χ0) is 18.7. The molecule has 1 atom stereocenters. The standard InChI is InChI=1S/C19H26N2O4/c1-3-4-5-6-7-8-9-17(18(20)23)21-19(24)15-10-12-16(13-11-15)25-14(2)22/h3,10-13,17H,1,4-9H2,2H3,(H2,20,23)(H,21,24)/t17-/m1/s1. The van der Waals surface area contributed by atoms with Gasteiger partial charge in [-0.1, -0.05) is 25.3 Å². The average Bonchev–Trinajstić information content (AvgIpc) is 2.56. The molecule has 0 saturated heterocycles. The Labute approximate surface area is 148 Å². The Bertz CT molecular complexity index is 596. The lowest BCUT2D eigenvalue weighted by atomic mass is 10.1. The lowest BCUT2D eigenvalue weighted by Gasteiger charge is -2.15. The van der Waals surface area contributed by atoms with Gasteiger partial charge in [-0.05, 0) is 43.5 Å². The van der Waals surface area contributed by atoms with Crippen LogP contribution in [0.25, 0.3) is 0 Å². The topological polar surface area (TPSA) is 98.5 Å². The third-order valence-electron chi connectivity index (χ3n) is 3.68. The van der Waals surface area contributed by atoms with Gasteiger partial charge in [-0.15, -0.1) is 6.58 Å². The molecule has 0 unspecified atom stereocenters. The maximum Gasteiger partial charge on any atom is 0.308 e. The number of primary amides is 1. The van der Waals surface area contributed by atoms with E-state index in [2.05, 4.69) is 11.9 Å². The van der Waals surface area contributed by atoms with Crippen molar-refractivity contribution in [2.75, 3.05) is 0 Å². The lowest BCUT2D eigenvalue weighted by Crippen LogP contribution is -2.44. The van der Waals surface area contributed by atoms with Gasteiger partial charge in [0.2, 0.25) is 5.91 Å². The summed E-state index contributed by atoms with van der Waals surface area (Å²) in [6.07, 6.45) is 7.31. The van der Waals surface area contributed by atoms with Crippen LogP contribution in [0.15, 0.2) is 36.9 Å². The number of allylic oxidation sites excluding steroid dienone is 1. The van der Waals surface area contributed by atoms with E-state index in [1.54, 1.807) is 0 Å². The Morgan fingerprint density at radius 2 is 1.80 bits per heavy atom. The normalized spacial score (nSPS) is 11.4. The number of benzene rings is 1. The summed E-state index contributed by atoms with van der Waals surface area (Å²) in [6.45, 7) is 4.98. The van der Waals surface area contributed by atoms with Crippen molar-refractivity contribution in [2.45, 2.75) is 51.5 Å². The number of rotatable bonds is 11. The smallest absolute Gasteiger partial charge is 0.308 e. The summed E-state index contributed by atoms with van der Waals surface area (Å²) in [5.41, 5.74) is 5.75. The molecule has 0 radical (unpaired) electrons. The number of carbonyl (C=O) groups is 3. The van der Waals surface area contributed by atoms with Crippen molar-refractivity contribution in [3.63, 3.8) is 0 Å². The second-order valence-corrected chi connectivity index (χ2v) is 5.83. The summed E-state index contributed by atoms with van der Waals surface area (Å²) in [6, 6.07) is 5.41. The monoisotopic (exact) mass is 346 g/mol. The van der Waals surface area contributed by atoms with Crippen LogP contribution >= 0.6 is 0 Å². The van der Waals surface area contributed by atoms with Gasteiger partial charge in [0.25, 0.3) is 5.91 Å². The molecule has 0 spiro atoms. The quantitative estimate of drug-likeness (QED) is 0.278. The first-order chi connectivity index (χ1) is 11.9. The number of nitrogens with one attached hydrogen (secondary N) is 1. The Balaban J connectivity index is 2.50. The lowest BCUT2D eigenvalue weighted by molar-refractivity contribution is -0.131. The summed E-state index contributed by atoms with van der Waals surface area (Å²) in [5.74, 6) is -1.00. The molecule has 136 valence electrons. The van der Waals surface area contributed by atoms with Crippen molar-refractivity contribution < 1.29 is 19.1 Å². The van der Waals surface area contributed by atoms with Crippen LogP contribution in [0.3, 0.4) is 0 Å². The van der Waals surface area contributed by atoms with Gasteiger partial charge in [-0.25, -0.2) is 0 Å². The van der Waals surface area contributed by atoms with E-state index in [-0.39, 0.29) is 5.91 Å². The summed E-state index contributed by atoms with van der Waals surface area (Å²) in [5, 5.41) is 2.66. The molecule has 2 amide bonds. The van der Waals surface area contributed by atoms with Crippen LogP contribution in [-0.2, 0) is 9.59 Å². The number of ether oxygens (including phenoxy) is 1. The summed E-state index contributed by atoms with van der Waals surface area (Å²) < 4.78 is 4.91. The summed E-state index contributed by atoms with van der Waals surface area (Å²) in [4.78, 5) is 34.7. The minimum Gasteiger partial charge on any atom is -0.427 e. The van der Waals surface area contributed by atoms with Crippen LogP contribution in [0.4, 0.5) is 0 Å². The van der Waals surface area contributed by atoms with Gasteiger partial charge in [-0.3, -0.25) is 14.4 Å². The Morgan fingerprint density at radius 1 is 1.16 bits per heavy atom. The highest BCUT2D eigenvalue weighted by atomic mass is 16.5. The number of hydrogen-bond acceptors (Lipinski definition) is 4. The van der Waals surface area contributed by atoms with Crippen molar-refractivity contribution in [2.24, 2.45) is 5.73 Å². The first kappa shape index (κ1) is 20.4. The predicted molar refractivity (Wildman–Crippen MR) is 96.1 cm³/mol. The SMILES string of the molecule is C=CCCCCCC[C@@H](NC(=O)c1ccc(OC(C)=O)cc1)C(N)=O. The summed E-state index contributed by atoms with van der Waals surface area (Å²) in [7, 11) is 0. The molecule has 0 heterocycles. The molecule has 1 aromatic rings. The van der Waals surface area contributed by atoms with E-state index in [1.807, 2.05) is 6.08 Å². The van der Waals surface area contributed by atoms with Gasteiger partial charge in [0.15, 0.2) is 0 Å². The van der Waals surface area contributed by atoms with E-state index >= 15 is 0 Å². The van der Waals surface area contributed by atoms with Crippen LogP contribution in [0.2, 0.25) is 0 Å². The van der Waals surface area contributed by atoms with Gasteiger partial charge in [0.05, 0.1) is 0 Å². The highest BCUT2D eigenvalue weighted by Crippen LogP contribution is 2.13. The molecular weight excluding hydrogens is 320 g/mol. The first-order valence-corrected chi connectivity index (χ1v) is 8.43. The van der Waals surface area contributed by atoms with E-state index in [0.717, 1.165) is 32.1 Å². The van der Waals surface area contributed by atoms with E-state index < -0.39 is 17.9 Å². The zero-order valence-corrected chi connectivity index (χ0v) is 14.6. The van der Waals surface area contributed by atoms with Crippen molar-refractivity contribution in [3.05, 3.63) is 42.5 Å². The fourth-order valence-electron chi connectivity index (χ4n) is 2.36. The van der Waals surface area contributed by atoms with Crippen molar-refractivity contribution in [3.8, 4) is 5.75 Å². The molecular formula is C19H26N2O4. The van der Waals surface area contributed by atoms with Crippen LogP contribution < -0.4 is 15.8 Å². The van der Waals surface area contributed by atoms with Crippen LogP contribution in [0.5, 0.6) is 5.75 Å². The summed E-state index contributed by atoms with van der Waals surface area (Å²) >= 11 is 0. The van der Waals surface area contributed by atoms with Gasteiger partial charge in [0.1, 0.15) is 11.8 Å². The third kappa shape index (κ3) is 8.15. The number of nitrogens with two attached hydrogens (primary N) is 1. The molecule has 1 aromatic carbocycles. The maximum absolute atomic E-state index is 12.2. The molecule has 0 aliphatic carbocycles. The number of carbonyl (C=O) groups excluding carboxylic acids is 3. The second-order valence-electron chi connectivity index (χ2n) is 5.83.